The molecule has 0 saturated heterocycles. The van der Waals surface area contributed by atoms with Crippen LogP contribution in [-0.4, -0.2) is 33.1 Å². The number of anilines is 1. The lowest BCUT2D eigenvalue weighted by atomic mass is 10.1. The van der Waals surface area contributed by atoms with Crippen molar-refractivity contribution >= 4 is 23.2 Å². The van der Waals surface area contributed by atoms with Crippen LogP contribution in [0.1, 0.15) is 28.4 Å². The van der Waals surface area contributed by atoms with Gasteiger partial charge in [-0.3, -0.25) is 4.79 Å². The molecule has 4 aromatic rings. The van der Waals surface area contributed by atoms with Gasteiger partial charge in [0, 0.05) is 17.4 Å². The fraction of sp³-hybridized carbons (Fsp3) is 0.167. The summed E-state index contributed by atoms with van der Waals surface area (Å²) in [5.41, 5.74) is 5.07. The third-order valence-corrected chi connectivity index (χ3v) is 5.03. The second-order valence-corrected chi connectivity index (χ2v) is 7.08. The van der Waals surface area contributed by atoms with Crippen molar-refractivity contribution in [2.75, 3.05) is 11.9 Å². The maximum atomic E-state index is 12.6. The zero-order chi connectivity index (χ0) is 21.8. The minimum absolute atomic E-state index is 0.204. The Bertz CT molecular complexity index is 1250. The summed E-state index contributed by atoms with van der Waals surface area (Å²) in [6, 6.07) is 17.4. The lowest BCUT2D eigenvalue weighted by Crippen LogP contribution is -2.22. The van der Waals surface area contributed by atoms with Crippen molar-refractivity contribution in [1.82, 2.24) is 14.6 Å². The van der Waals surface area contributed by atoms with Crippen molar-refractivity contribution in [2.45, 2.75) is 20.3 Å². The molecule has 0 bridgehead atoms. The summed E-state index contributed by atoms with van der Waals surface area (Å²) in [4.78, 5) is 29.3. The average molecular weight is 414 g/mol. The van der Waals surface area contributed by atoms with Crippen molar-refractivity contribution in [3.63, 3.8) is 0 Å². The van der Waals surface area contributed by atoms with E-state index in [9.17, 15) is 9.59 Å². The number of hydrogen-bond acceptors (Lipinski definition) is 5. The van der Waals surface area contributed by atoms with Gasteiger partial charge >= 0.3 is 5.97 Å². The van der Waals surface area contributed by atoms with Crippen LogP contribution in [0.25, 0.3) is 16.9 Å². The molecule has 0 aliphatic heterocycles. The molecule has 7 heteroatoms. The summed E-state index contributed by atoms with van der Waals surface area (Å²) in [5.74, 6) is -1.05. The molecule has 0 fully saturated rings. The molecule has 4 rings (SSSR count). The van der Waals surface area contributed by atoms with E-state index < -0.39 is 18.5 Å². The van der Waals surface area contributed by atoms with Crippen molar-refractivity contribution in [1.29, 1.82) is 0 Å². The third-order valence-electron chi connectivity index (χ3n) is 5.03. The Morgan fingerprint density at radius 3 is 2.65 bits per heavy atom. The lowest BCUT2D eigenvalue weighted by Gasteiger charge is -2.13. The van der Waals surface area contributed by atoms with Crippen molar-refractivity contribution in [3.05, 3.63) is 83.7 Å². The van der Waals surface area contributed by atoms with E-state index in [0.717, 1.165) is 34.5 Å². The van der Waals surface area contributed by atoms with E-state index in [1.54, 1.807) is 10.7 Å². The minimum Gasteiger partial charge on any atom is -0.452 e. The number of esters is 1. The van der Waals surface area contributed by atoms with Crippen LogP contribution in [0.2, 0.25) is 0 Å². The molecule has 0 atom stereocenters. The van der Waals surface area contributed by atoms with Gasteiger partial charge in [0.25, 0.3) is 5.91 Å². The summed E-state index contributed by atoms with van der Waals surface area (Å²) < 4.78 is 6.83. The van der Waals surface area contributed by atoms with Crippen molar-refractivity contribution < 1.29 is 14.3 Å². The molecule has 1 amide bonds. The Morgan fingerprint density at radius 1 is 1.06 bits per heavy atom. The smallest absolute Gasteiger partial charge is 0.344 e. The number of amides is 1. The maximum Gasteiger partial charge on any atom is 0.344 e. The number of carbonyl (C=O) groups excluding carboxylic acids is 2. The number of benzene rings is 2. The van der Waals surface area contributed by atoms with Crippen LogP contribution >= 0.6 is 0 Å². The molecule has 0 unspecified atom stereocenters. The first kappa shape index (κ1) is 20.3. The molecule has 7 nitrogen and oxygen atoms in total. The lowest BCUT2D eigenvalue weighted by molar-refractivity contribution is -0.119. The third kappa shape index (κ3) is 4.16. The van der Waals surface area contributed by atoms with Crippen LogP contribution in [0.3, 0.4) is 0 Å². The van der Waals surface area contributed by atoms with Gasteiger partial charge in [-0.25, -0.2) is 14.3 Å². The first-order valence-electron chi connectivity index (χ1n) is 10.0. The van der Waals surface area contributed by atoms with Crippen LogP contribution in [-0.2, 0) is 16.0 Å². The Hall–Kier alpha value is -4.00. The summed E-state index contributed by atoms with van der Waals surface area (Å²) >= 11 is 0. The summed E-state index contributed by atoms with van der Waals surface area (Å²) in [7, 11) is 0. The number of para-hydroxylation sites is 1. The molecule has 156 valence electrons. The van der Waals surface area contributed by atoms with Gasteiger partial charge in [0.05, 0.1) is 11.9 Å². The molecule has 1 N–H and O–H groups in total. The van der Waals surface area contributed by atoms with E-state index in [2.05, 4.69) is 15.4 Å². The highest BCUT2D eigenvalue weighted by Gasteiger charge is 2.19. The van der Waals surface area contributed by atoms with Crippen LogP contribution < -0.4 is 5.32 Å². The molecule has 0 aliphatic carbocycles. The number of ether oxygens (including phenoxy) is 1. The maximum absolute atomic E-state index is 12.6. The van der Waals surface area contributed by atoms with Gasteiger partial charge in [-0.2, -0.15) is 5.10 Å². The second-order valence-electron chi connectivity index (χ2n) is 7.08. The van der Waals surface area contributed by atoms with E-state index in [1.807, 2.05) is 68.4 Å². The number of rotatable bonds is 6. The molecule has 0 saturated carbocycles. The highest BCUT2D eigenvalue weighted by Crippen LogP contribution is 2.22. The summed E-state index contributed by atoms with van der Waals surface area (Å²) in [6.45, 7) is 3.55. The minimum atomic E-state index is -0.650. The molecule has 0 radical (unpaired) electrons. The van der Waals surface area contributed by atoms with E-state index in [0.29, 0.717) is 5.65 Å². The summed E-state index contributed by atoms with van der Waals surface area (Å²) in [6.07, 6.45) is 3.81. The number of fused-ring (bicyclic) bond motifs is 1. The highest BCUT2D eigenvalue weighted by atomic mass is 16.5. The van der Waals surface area contributed by atoms with Gasteiger partial charge < -0.3 is 10.1 Å². The van der Waals surface area contributed by atoms with E-state index in [-0.39, 0.29) is 5.56 Å². The first-order valence-corrected chi connectivity index (χ1v) is 10.0. The highest BCUT2D eigenvalue weighted by molar-refractivity contribution is 5.99. The predicted molar refractivity (Wildman–Crippen MR) is 118 cm³/mol. The quantitative estimate of drug-likeness (QED) is 0.481. The standard InChI is InChI=1S/C24H22N4O3/c1-3-17-11-7-8-16(2)22(17)27-21(29)15-31-24(30)19-14-26-28-20(12-13-25-23(19)28)18-9-5-4-6-10-18/h4-14H,3,15H2,1-2H3,(H,27,29). The molecule has 31 heavy (non-hydrogen) atoms. The fourth-order valence-corrected chi connectivity index (χ4v) is 3.45. The van der Waals surface area contributed by atoms with E-state index in [1.165, 1.54) is 6.20 Å². The number of nitrogens with one attached hydrogen (secondary N) is 1. The molecule has 2 heterocycles. The first-order chi connectivity index (χ1) is 15.1. The predicted octanol–water partition coefficient (Wildman–Crippen LogP) is 4.06. The second kappa shape index (κ2) is 8.79. The van der Waals surface area contributed by atoms with Gasteiger partial charge in [-0.05, 0) is 30.5 Å². The average Bonchev–Trinajstić information content (AvgIpc) is 3.24. The molecule has 0 aliphatic rings. The number of aromatic nitrogens is 3. The molecule has 2 aromatic carbocycles. The van der Waals surface area contributed by atoms with Crippen LogP contribution in [0.5, 0.6) is 0 Å². The molecule has 2 aromatic heterocycles. The molecular weight excluding hydrogens is 392 g/mol. The van der Waals surface area contributed by atoms with Crippen LogP contribution in [0.4, 0.5) is 5.69 Å². The Morgan fingerprint density at radius 2 is 1.87 bits per heavy atom. The monoisotopic (exact) mass is 414 g/mol. The fourth-order valence-electron chi connectivity index (χ4n) is 3.45. The number of hydrogen-bond donors (Lipinski definition) is 1. The number of carbonyl (C=O) groups is 2. The van der Waals surface area contributed by atoms with Crippen LogP contribution in [0, 0.1) is 6.92 Å². The van der Waals surface area contributed by atoms with Gasteiger partial charge in [-0.15, -0.1) is 0 Å². The van der Waals surface area contributed by atoms with E-state index in [4.69, 9.17) is 4.74 Å². The molecular formula is C24H22N4O3. The van der Waals surface area contributed by atoms with Gasteiger partial charge in [0.1, 0.15) is 5.56 Å². The van der Waals surface area contributed by atoms with Crippen LogP contribution in [0.15, 0.2) is 67.0 Å². The van der Waals surface area contributed by atoms with Gasteiger partial charge in [0.2, 0.25) is 0 Å². The Kier molecular flexibility index (Phi) is 5.75. The summed E-state index contributed by atoms with van der Waals surface area (Å²) in [5, 5.41) is 7.14. The number of aryl methyl sites for hydroxylation is 2. The van der Waals surface area contributed by atoms with Crippen molar-refractivity contribution in [2.24, 2.45) is 0 Å². The zero-order valence-corrected chi connectivity index (χ0v) is 17.3. The van der Waals surface area contributed by atoms with Gasteiger partial charge in [0.15, 0.2) is 12.3 Å². The Balaban J connectivity index is 1.49. The van der Waals surface area contributed by atoms with E-state index >= 15 is 0 Å². The van der Waals surface area contributed by atoms with Gasteiger partial charge in [-0.1, -0.05) is 55.5 Å². The van der Waals surface area contributed by atoms with Crippen molar-refractivity contribution in [3.8, 4) is 11.3 Å². The normalized spacial score (nSPS) is 10.8. The molecule has 0 spiro atoms. The number of nitrogens with zero attached hydrogens (tertiary/aromatic N) is 3. The zero-order valence-electron chi connectivity index (χ0n) is 17.3. The Labute approximate surface area is 179 Å². The SMILES string of the molecule is CCc1cccc(C)c1NC(=O)COC(=O)c1cnn2c(-c3ccccc3)ccnc12. The largest absolute Gasteiger partial charge is 0.452 e. The topological polar surface area (TPSA) is 85.6 Å².